The molecule has 0 spiro atoms. The number of carbonyl (C=O) groups excluding carboxylic acids is 1. The maximum Gasteiger partial charge on any atom is 0.416 e. The van der Waals surface area contributed by atoms with Gasteiger partial charge in [-0.3, -0.25) is 14.9 Å². The number of hydrogen-bond acceptors (Lipinski definition) is 8. The molecule has 0 aliphatic rings. The fourth-order valence-electron chi connectivity index (χ4n) is 3.69. The summed E-state index contributed by atoms with van der Waals surface area (Å²) in [6.45, 7) is 2.79. The number of fused-ring (bicyclic) bond motifs is 1. The summed E-state index contributed by atoms with van der Waals surface area (Å²) in [5.74, 6) is -0.866. The summed E-state index contributed by atoms with van der Waals surface area (Å²) in [6, 6.07) is 14.0. The van der Waals surface area contributed by atoms with Crippen molar-refractivity contribution in [2.24, 2.45) is 5.10 Å². The van der Waals surface area contributed by atoms with Crippen molar-refractivity contribution < 1.29 is 32.4 Å². The molecule has 1 heterocycles. The summed E-state index contributed by atoms with van der Waals surface area (Å²) in [7, 11) is 0. The number of nitrogens with zero attached hydrogens (tertiary/aromatic N) is 4. The van der Waals surface area contributed by atoms with Crippen LogP contribution in [0.3, 0.4) is 0 Å². The number of ether oxygens (including phenoxy) is 2. The van der Waals surface area contributed by atoms with Crippen molar-refractivity contribution in [2.45, 2.75) is 26.1 Å². The van der Waals surface area contributed by atoms with Crippen LogP contribution in [0.5, 0.6) is 5.75 Å². The van der Waals surface area contributed by atoms with Gasteiger partial charge in [-0.15, -0.1) is 0 Å². The van der Waals surface area contributed by atoms with Crippen LogP contribution in [0.25, 0.3) is 22.3 Å². The highest BCUT2D eigenvalue weighted by Crippen LogP contribution is 2.32. The number of non-ortho nitro benzene ring substituents is 1. The molecule has 0 aliphatic carbocycles. The first-order valence-corrected chi connectivity index (χ1v) is 11.8. The van der Waals surface area contributed by atoms with E-state index in [9.17, 15) is 32.9 Å². The minimum absolute atomic E-state index is 0.0115. The molecule has 0 unspecified atom stereocenters. The molecule has 206 valence electrons. The van der Waals surface area contributed by atoms with Crippen molar-refractivity contribution in [3.05, 3.63) is 98.3 Å². The van der Waals surface area contributed by atoms with Crippen LogP contribution < -0.4 is 10.3 Å². The zero-order chi connectivity index (χ0) is 29.0. The SMILES string of the molecule is CC(C)OC(=O)COc1ccc([N+](=O)[O-])cc1C=Nn1c(-c2cccc(C(F)(F)F)c2)nc2ccccc2c1=O. The molecule has 13 heteroatoms. The summed E-state index contributed by atoms with van der Waals surface area (Å²) >= 11 is 0. The van der Waals surface area contributed by atoms with Crippen LogP contribution in [0.1, 0.15) is 25.0 Å². The van der Waals surface area contributed by atoms with Crippen LogP contribution in [0, 0.1) is 10.1 Å². The minimum atomic E-state index is -4.65. The highest BCUT2D eigenvalue weighted by molar-refractivity contribution is 5.86. The Kier molecular flexibility index (Phi) is 7.93. The second kappa shape index (κ2) is 11.4. The fraction of sp³-hybridized carbons (Fsp3) is 0.185. The Hall–Kier alpha value is -5.07. The van der Waals surface area contributed by atoms with E-state index >= 15 is 0 Å². The van der Waals surface area contributed by atoms with E-state index in [0.717, 1.165) is 35.2 Å². The van der Waals surface area contributed by atoms with E-state index in [4.69, 9.17) is 9.47 Å². The number of aromatic nitrogens is 2. The van der Waals surface area contributed by atoms with E-state index in [1.807, 2.05) is 0 Å². The average Bonchev–Trinajstić information content (AvgIpc) is 2.90. The Balaban J connectivity index is 1.85. The maximum atomic E-state index is 13.4. The zero-order valence-electron chi connectivity index (χ0n) is 21.1. The quantitative estimate of drug-likeness (QED) is 0.127. The molecule has 0 amide bonds. The largest absolute Gasteiger partial charge is 0.481 e. The summed E-state index contributed by atoms with van der Waals surface area (Å²) in [6.07, 6.45) is -3.98. The number of para-hydroxylation sites is 1. The summed E-state index contributed by atoms with van der Waals surface area (Å²) in [4.78, 5) is 40.4. The monoisotopic (exact) mass is 554 g/mol. The number of esters is 1. The molecular formula is C27H21F3N4O6. The van der Waals surface area contributed by atoms with Gasteiger partial charge in [0.05, 0.1) is 33.7 Å². The molecule has 40 heavy (non-hydrogen) atoms. The van der Waals surface area contributed by atoms with Gasteiger partial charge in [0.25, 0.3) is 11.2 Å². The predicted octanol–water partition coefficient (Wildman–Crippen LogP) is 5.20. The average molecular weight is 554 g/mol. The van der Waals surface area contributed by atoms with Crippen molar-refractivity contribution in [3.8, 4) is 17.1 Å². The van der Waals surface area contributed by atoms with Gasteiger partial charge in [0.1, 0.15) is 5.75 Å². The third-order valence-electron chi connectivity index (χ3n) is 5.43. The van der Waals surface area contributed by atoms with Gasteiger partial charge in [0.2, 0.25) is 0 Å². The lowest BCUT2D eigenvalue weighted by Gasteiger charge is -2.13. The molecular weight excluding hydrogens is 533 g/mol. The third kappa shape index (κ3) is 6.31. The molecule has 3 aromatic carbocycles. The third-order valence-corrected chi connectivity index (χ3v) is 5.43. The lowest BCUT2D eigenvalue weighted by molar-refractivity contribution is -0.384. The lowest BCUT2D eigenvalue weighted by atomic mass is 10.1. The van der Waals surface area contributed by atoms with Crippen LogP contribution in [0.2, 0.25) is 0 Å². The first kappa shape index (κ1) is 28.0. The van der Waals surface area contributed by atoms with Crippen molar-refractivity contribution >= 4 is 28.8 Å². The van der Waals surface area contributed by atoms with E-state index in [-0.39, 0.29) is 39.3 Å². The van der Waals surface area contributed by atoms with Gasteiger partial charge in [0.15, 0.2) is 12.4 Å². The Labute approximate surface area is 224 Å². The van der Waals surface area contributed by atoms with Gasteiger partial charge in [-0.05, 0) is 44.2 Å². The van der Waals surface area contributed by atoms with E-state index in [0.29, 0.717) is 0 Å². The van der Waals surface area contributed by atoms with Crippen LogP contribution in [-0.4, -0.2) is 39.5 Å². The maximum absolute atomic E-state index is 13.4. The van der Waals surface area contributed by atoms with Gasteiger partial charge in [-0.1, -0.05) is 24.3 Å². The summed E-state index contributed by atoms with van der Waals surface area (Å²) in [5.41, 5.74) is -1.77. The Morgan fingerprint density at radius 2 is 1.88 bits per heavy atom. The molecule has 4 aromatic rings. The molecule has 0 fully saturated rings. The predicted molar refractivity (Wildman–Crippen MR) is 139 cm³/mol. The van der Waals surface area contributed by atoms with E-state index in [2.05, 4.69) is 10.1 Å². The molecule has 0 N–H and O–H groups in total. The van der Waals surface area contributed by atoms with Gasteiger partial charge < -0.3 is 9.47 Å². The number of halogens is 3. The van der Waals surface area contributed by atoms with Gasteiger partial charge in [0, 0.05) is 23.3 Å². The second-order valence-electron chi connectivity index (χ2n) is 8.70. The molecule has 4 rings (SSSR count). The van der Waals surface area contributed by atoms with Crippen molar-refractivity contribution in [1.29, 1.82) is 0 Å². The van der Waals surface area contributed by atoms with Gasteiger partial charge in [-0.2, -0.15) is 22.9 Å². The van der Waals surface area contributed by atoms with Crippen LogP contribution in [-0.2, 0) is 15.7 Å². The zero-order valence-corrected chi connectivity index (χ0v) is 21.1. The molecule has 10 nitrogen and oxygen atoms in total. The number of nitro groups is 1. The molecule has 0 saturated carbocycles. The second-order valence-corrected chi connectivity index (χ2v) is 8.70. The highest BCUT2D eigenvalue weighted by atomic mass is 19.4. The Morgan fingerprint density at radius 1 is 1.12 bits per heavy atom. The Bertz CT molecular complexity index is 1680. The number of carbonyl (C=O) groups is 1. The number of benzene rings is 3. The van der Waals surface area contributed by atoms with Gasteiger partial charge in [-0.25, -0.2) is 9.78 Å². The van der Waals surface area contributed by atoms with Crippen molar-refractivity contribution in [2.75, 3.05) is 6.61 Å². The molecule has 0 atom stereocenters. The summed E-state index contributed by atoms with van der Waals surface area (Å²) < 4.78 is 51.5. The number of hydrogen-bond donors (Lipinski definition) is 0. The van der Waals surface area contributed by atoms with Crippen molar-refractivity contribution in [3.63, 3.8) is 0 Å². The molecule has 0 aliphatic heterocycles. The van der Waals surface area contributed by atoms with E-state index in [1.165, 1.54) is 30.3 Å². The highest BCUT2D eigenvalue weighted by Gasteiger charge is 2.31. The van der Waals surface area contributed by atoms with Crippen molar-refractivity contribution in [1.82, 2.24) is 9.66 Å². The number of nitro benzene ring substituents is 1. The number of alkyl halides is 3. The Morgan fingerprint density at radius 3 is 2.58 bits per heavy atom. The normalized spacial score (nSPS) is 11.8. The van der Waals surface area contributed by atoms with E-state index < -0.39 is 40.9 Å². The molecule has 1 aromatic heterocycles. The van der Waals surface area contributed by atoms with Crippen LogP contribution in [0.4, 0.5) is 18.9 Å². The topological polar surface area (TPSA) is 126 Å². The van der Waals surface area contributed by atoms with Gasteiger partial charge >= 0.3 is 12.1 Å². The summed E-state index contributed by atoms with van der Waals surface area (Å²) in [5, 5.41) is 15.7. The van der Waals surface area contributed by atoms with Crippen LogP contribution in [0.15, 0.2) is 76.6 Å². The lowest BCUT2D eigenvalue weighted by Crippen LogP contribution is -2.21. The molecule has 0 radical (unpaired) electrons. The first-order valence-electron chi connectivity index (χ1n) is 11.8. The fourth-order valence-corrected chi connectivity index (χ4v) is 3.69. The van der Waals surface area contributed by atoms with E-state index in [1.54, 1.807) is 26.0 Å². The standard InChI is InChI=1S/C27H21F3N4O6/c1-16(2)40-24(35)15-39-23-11-10-20(34(37)38)13-18(23)14-31-33-25(17-6-5-7-19(12-17)27(28,29)30)32-22-9-4-3-8-21(22)26(33)36/h3-14,16H,15H2,1-2H3. The minimum Gasteiger partial charge on any atom is -0.481 e. The number of rotatable bonds is 8. The smallest absolute Gasteiger partial charge is 0.416 e. The molecule has 0 bridgehead atoms. The molecule has 0 saturated heterocycles. The van der Waals surface area contributed by atoms with Crippen LogP contribution >= 0.6 is 0 Å². The first-order chi connectivity index (χ1) is 18.9.